The molecule has 2 rings (SSSR count). The molecule has 2 nitrogen and oxygen atoms in total. The number of carboxylic acids is 1. The van der Waals surface area contributed by atoms with E-state index in [9.17, 15) is 13.6 Å². The lowest BCUT2D eigenvalue weighted by molar-refractivity contribution is 0.00774. The Morgan fingerprint density at radius 1 is 1.42 bits per heavy atom. The Morgan fingerprint density at radius 3 is 2.58 bits per heavy atom. The van der Waals surface area contributed by atoms with Gasteiger partial charge in [0, 0.05) is 12.8 Å². The van der Waals surface area contributed by atoms with Crippen LogP contribution in [0.4, 0.5) is 8.78 Å². The molecule has 0 bridgehead atoms. The Balaban J connectivity index is 2.41. The topological polar surface area (TPSA) is 37.3 Å². The lowest BCUT2D eigenvalue weighted by atomic mass is 9.86. The average Bonchev–Trinajstić information content (AvgIpc) is 2.68. The van der Waals surface area contributed by atoms with E-state index in [0.29, 0.717) is 6.42 Å². The molecule has 1 unspecified atom stereocenters. The minimum Gasteiger partial charge on any atom is -0.478 e. The van der Waals surface area contributed by atoms with E-state index in [-0.39, 0.29) is 30.2 Å². The Kier molecular flexibility index (Phi) is 3.61. The summed E-state index contributed by atoms with van der Waals surface area (Å²) in [6.45, 7) is 3.98. The third-order valence-corrected chi connectivity index (χ3v) is 3.80. The number of rotatable bonds is 3. The second kappa shape index (κ2) is 4.91. The normalized spacial score (nSPS) is 21.8. The zero-order valence-electron chi connectivity index (χ0n) is 11.1. The lowest BCUT2D eigenvalue weighted by Crippen LogP contribution is -2.10. The van der Waals surface area contributed by atoms with Crippen LogP contribution in [0.25, 0.3) is 0 Å². The highest BCUT2D eigenvalue weighted by Crippen LogP contribution is 2.46. The van der Waals surface area contributed by atoms with Crippen molar-refractivity contribution in [3.05, 3.63) is 34.9 Å². The van der Waals surface area contributed by atoms with Crippen molar-refractivity contribution in [2.45, 2.75) is 50.9 Å². The first-order valence-electron chi connectivity index (χ1n) is 6.55. The number of carbonyl (C=O) groups is 1. The first kappa shape index (κ1) is 14.0. The minimum atomic E-state index is -2.61. The Bertz CT molecular complexity index is 495. The van der Waals surface area contributed by atoms with Gasteiger partial charge in [0.25, 0.3) is 0 Å². The summed E-state index contributed by atoms with van der Waals surface area (Å²) in [5, 5.41) is 9.04. The zero-order chi connectivity index (χ0) is 14.2. The van der Waals surface area contributed by atoms with E-state index in [1.165, 1.54) is 0 Å². The molecule has 1 aliphatic carbocycles. The third-order valence-electron chi connectivity index (χ3n) is 3.80. The molecule has 0 aliphatic heterocycles. The number of hydrogen-bond donors (Lipinski definition) is 1. The first-order valence-corrected chi connectivity index (χ1v) is 6.55. The van der Waals surface area contributed by atoms with E-state index < -0.39 is 11.9 Å². The van der Waals surface area contributed by atoms with Crippen molar-refractivity contribution in [1.82, 2.24) is 0 Å². The van der Waals surface area contributed by atoms with Crippen LogP contribution < -0.4 is 0 Å². The molecule has 1 N–H and O–H groups in total. The summed E-state index contributed by atoms with van der Waals surface area (Å²) in [5.41, 5.74) is 1.94. The lowest BCUT2D eigenvalue weighted by Gasteiger charge is -2.19. The molecule has 0 amide bonds. The fourth-order valence-corrected chi connectivity index (χ4v) is 2.80. The summed E-state index contributed by atoms with van der Waals surface area (Å²) < 4.78 is 26.7. The molecule has 4 heteroatoms. The van der Waals surface area contributed by atoms with Crippen molar-refractivity contribution in [2.75, 3.05) is 0 Å². The predicted octanol–water partition coefficient (Wildman–Crippen LogP) is 4.41. The summed E-state index contributed by atoms with van der Waals surface area (Å²) >= 11 is 0. The van der Waals surface area contributed by atoms with Crippen molar-refractivity contribution in [2.24, 2.45) is 0 Å². The van der Waals surface area contributed by atoms with Gasteiger partial charge in [-0.25, -0.2) is 13.6 Å². The maximum Gasteiger partial charge on any atom is 0.335 e. The van der Waals surface area contributed by atoms with Crippen LogP contribution in [0.2, 0.25) is 0 Å². The summed E-state index contributed by atoms with van der Waals surface area (Å²) in [5.74, 6) is -3.65. The largest absolute Gasteiger partial charge is 0.478 e. The first-order chi connectivity index (χ1) is 8.80. The standard InChI is InChI=1S/C15H18F2O2/c1-9(2)12-4-3-10(14(18)19)7-13(12)11-5-6-15(16,17)8-11/h3-4,7,9,11H,5-6,8H2,1-2H3,(H,18,19). The second-order valence-electron chi connectivity index (χ2n) is 5.60. The van der Waals surface area contributed by atoms with E-state index in [0.717, 1.165) is 11.1 Å². The van der Waals surface area contributed by atoms with E-state index in [4.69, 9.17) is 5.11 Å². The van der Waals surface area contributed by atoms with Crippen molar-refractivity contribution in [1.29, 1.82) is 0 Å². The van der Waals surface area contributed by atoms with Crippen LogP contribution in [0, 0.1) is 0 Å². The minimum absolute atomic E-state index is 0.105. The van der Waals surface area contributed by atoms with Gasteiger partial charge in [0.05, 0.1) is 5.56 Å². The quantitative estimate of drug-likeness (QED) is 0.881. The van der Waals surface area contributed by atoms with Crippen LogP contribution in [0.3, 0.4) is 0 Å². The average molecular weight is 268 g/mol. The highest BCUT2D eigenvalue weighted by atomic mass is 19.3. The van der Waals surface area contributed by atoms with E-state index >= 15 is 0 Å². The number of hydrogen-bond acceptors (Lipinski definition) is 1. The van der Waals surface area contributed by atoms with Gasteiger partial charge in [-0.1, -0.05) is 19.9 Å². The van der Waals surface area contributed by atoms with Crippen molar-refractivity contribution < 1.29 is 18.7 Å². The fraction of sp³-hybridized carbons (Fsp3) is 0.533. The number of aromatic carboxylic acids is 1. The molecule has 0 saturated heterocycles. The molecule has 1 fully saturated rings. The van der Waals surface area contributed by atoms with Gasteiger partial charge in [-0.2, -0.15) is 0 Å². The van der Waals surface area contributed by atoms with Gasteiger partial charge < -0.3 is 5.11 Å². The van der Waals surface area contributed by atoms with E-state index in [1.807, 2.05) is 13.8 Å². The Hall–Kier alpha value is -1.45. The monoisotopic (exact) mass is 268 g/mol. The highest BCUT2D eigenvalue weighted by Gasteiger charge is 2.40. The van der Waals surface area contributed by atoms with Crippen LogP contribution in [0.1, 0.15) is 66.4 Å². The van der Waals surface area contributed by atoms with Gasteiger partial charge in [-0.05, 0) is 41.5 Å². The van der Waals surface area contributed by atoms with Gasteiger partial charge in [0.1, 0.15) is 0 Å². The molecule has 1 saturated carbocycles. The maximum absolute atomic E-state index is 13.4. The smallest absolute Gasteiger partial charge is 0.335 e. The molecular weight excluding hydrogens is 250 g/mol. The molecule has 19 heavy (non-hydrogen) atoms. The van der Waals surface area contributed by atoms with Crippen LogP contribution in [-0.4, -0.2) is 17.0 Å². The van der Waals surface area contributed by atoms with Gasteiger partial charge in [0.2, 0.25) is 5.92 Å². The van der Waals surface area contributed by atoms with Gasteiger partial charge in [-0.15, -0.1) is 0 Å². The zero-order valence-corrected chi connectivity index (χ0v) is 11.1. The molecule has 104 valence electrons. The van der Waals surface area contributed by atoms with E-state index in [2.05, 4.69) is 0 Å². The second-order valence-corrected chi connectivity index (χ2v) is 5.60. The Morgan fingerprint density at radius 2 is 2.11 bits per heavy atom. The van der Waals surface area contributed by atoms with E-state index in [1.54, 1.807) is 18.2 Å². The molecular formula is C15H18F2O2. The molecule has 0 spiro atoms. The highest BCUT2D eigenvalue weighted by molar-refractivity contribution is 5.88. The van der Waals surface area contributed by atoms with Crippen LogP contribution in [0.5, 0.6) is 0 Å². The summed E-state index contributed by atoms with van der Waals surface area (Å²) in [7, 11) is 0. The molecule has 1 atom stereocenters. The molecule has 1 aromatic rings. The summed E-state index contributed by atoms with van der Waals surface area (Å²) in [6, 6.07) is 4.89. The van der Waals surface area contributed by atoms with Crippen LogP contribution in [0.15, 0.2) is 18.2 Å². The van der Waals surface area contributed by atoms with Crippen molar-refractivity contribution in [3.63, 3.8) is 0 Å². The van der Waals surface area contributed by atoms with Gasteiger partial charge in [0.15, 0.2) is 0 Å². The van der Waals surface area contributed by atoms with Crippen molar-refractivity contribution >= 4 is 5.97 Å². The molecule has 1 aliphatic rings. The number of benzene rings is 1. The van der Waals surface area contributed by atoms with Crippen LogP contribution >= 0.6 is 0 Å². The number of alkyl halides is 2. The molecule has 1 aromatic carbocycles. The molecule has 0 radical (unpaired) electrons. The fourth-order valence-electron chi connectivity index (χ4n) is 2.80. The SMILES string of the molecule is CC(C)c1ccc(C(=O)O)cc1C1CCC(F)(F)C1. The number of carboxylic acid groups (broad SMARTS) is 1. The molecule has 0 heterocycles. The van der Waals surface area contributed by atoms with Gasteiger partial charge >= 0.3 is 5.97 Å². The Labute approximate surface area is 111 Å². The third kappa shape index (κ3) is 2.94. The summed E-state index contributed by atoms with van der Waals surface area (Å²) in [6.07, 6.45) is 0.151. The maximum atomic E-state index is 13.4. The predicted molar refractivity (Wildman–Crippen MR) is 69.0 cm³/mol. The van der Waals surface area contributed by atoms with Crippen molar-refractivity contribution in [3.8, 4) is 0 Å². The molecule has 0 aromatic heterocycles. The van der Waals surface area contributed by atoms with Crippen LogP contribution in [-0.2, 0) is 0 Å². The number of halogens is 2. The summed E-state index contributed by atoms with van der Waals surface area (Å²) in [4.78, 5) is 11.0. The van der Waals surface area contributed by atoms with Gasteiger partial charge in [-0.3, -0.25) is 0 Å².